The number of carboxylic acids is 1. The summed E-state index contributed by atoms with van der Waals surface area (Å²) >= 11 is 0. The maximum absolute atomic E-state index is 10.9. The molecule has 0 aromatic rings. The molecule has 3 saturated carbocycles. The second-order valence-corrected chi connectivity index (χ2v) is 9.07. The predicted octanol–water partition coefficient (Wildman–Crippen LogP) is 5.90. The zero-order valence-corrected chi connectivity index (χ0v) is 15.0. The Morgan fingerprint density at radius 1 is 0.696 bits per heavy atom. The van der Waals surface area contributed by atoms with Crippen molar-refractivity contribution in [2.45, 2.75) is 90.4 Å². The molecule has 0 amide bonds. The van der Waals surface area contributed by atoms with Crippen LogP contribution >= 0.6 is 0 Å². The van der Waals surface area contributed by atoms with Gasteiger partial charge in [-0.3, -0.25) is 4.79 Å². The van der Waals surface area contributed by atoms with Gasteiger partial charge in [0.2, 0.25) is 0 Å². The number of rotatable bonds is 4. The first-order chi connectivity index (χ1) is 11.1. The smallest absolute Gasteiger partial charge is 0.303 e. The molecule has 0 saturated heterocycles. The van der Waals surface area contributed by atoms with Crippen LogP contribution in [0.4, 0.5) is 0 Å². The monoisotopic (exact) mass is 320 g/mol. The average Bonchev–Trinajstić information content (AvgIpc) is 2.56. The van der Waals surface area contributed by atoms with Gasteiger partial charge in [0.15, 0.2) is 0 Å². The SMILES string of the molecule is CC1CCC(C2CCC(C3CCC(CC(=O)O)CC3)CC2)CC1. The lowest BCUT2D eigenvalue weighted by Crippen LogP contribution is -2.29. The van der Waals surface area contributed by atoms with Gasteiger partial charge in [-0.1, -0.05) is 19.8 Å². The molecule has 0 aliphatic heterocycles. The van der Waals surface area contributed by atoms with Crippen LogP contribution in [0.1, 0.15) is 90.4 Å². The molecule has 3 aliphatic carbocycles. The average molecular weight is 321 g/mol. The van der Waals surface area contributed by atoms with E-state index in [2.05, 4.69) is 6.92 Å². The van der Waals surface area contributed by atoms with Gasteiger partial charge in [0.25, 0.3) is 0 Å². The Morgan fingerprint density at radius 2 is 1.04 bits per heavy atom. The minimum absolute atomic E-state index is 0.402. The van der Waals surface area contributed by atoms with Gasteiger partial charge in [-0.15, -0.1) is 0 Å². The lowest BCUT2D eigenvalue weighted by Gasteiger charge is -2.41. The molecule has 0 aromatic carbocycles. The summed E-state index contributed by atoms with van der Waals surface area (Å²) in [4.78, 5) is 10.9. The van der Waals surface area contributed by atoms with Crippen molar-refractivity contribution in [2.75, 3.05) is 0 Å². The molecule has 3 rings (SSSR count). The molecule has 0 unspecified atom stereocenters. The van der Waals surface area contributed by atoms with Crippen LogP contribution in [0.25, 0.3) is 0 Å². The fourth-order valence-electron chi connectivity index (χ4n) is 5.96. The van der Waals surface area contributed by atoms with Crippen molar-refractivity contribution in [3.05, 3.63) is 0 Å². The summed E-state index contributed by atoms with van der Waals surface area (Å²) in [6, 6.07) is 0. The molecule has 0 heterocycles. The molecule has 0 atom stereocenters. The van der Waals surface area contributed by atoms with E-state index in [0.29, 0.717) is 12.3 Å². The van der Waals surface area contributed by atoms with E-state index >= 15 is 0 Å². The van der Waals surface area contributed by atoms with E-state index in [9.17, 15) is 4.79 Å². The van der Waals surface area contributed by atoms with E-state index < -0.39 is 5.97 Å². The summed E-state index contributed by atoms with van der Waals surface area (Å²) in [6.07, 6.45) is 17.2. The van der Waals surface area contributed by atoms with E-state index in [-0.39, 0.29) is 0 Å². The number of carbonyl (C=O) groups is 1. The van der Waals surface area contributed by atoms with Gasteiger partial charge in [-0.05, 0) is 99.7 Å². The molecule has 1 N–H and O–H groups in total. The van der Waals surface area contributed by atoms with Crippen LogP contribution in [-0.2, 0) is 4.79 Å². The third kappa shape index (κ3) is 4.73. The maximum atomic E-state index is 10.9. The standard InChI is InChI=1S/C21H36O2/c1-15-2-6-17(7-3-15)19-10-12-20(13-11-19)18-8-4-16(5-9-18)14-21(22)23/h15-20H,2-14H2,1H3,(H,22,23). The van der Waals surface area contributed by atoms with Gasteiger partial charge in [-0.25, -0.2) is 0 Å². The first-order valence-electron chi connectivity index (χ1n) is 10.3. The van der Waals surface area contributed by atoms with E-state index in [1.807, 2.05) is 0 Å². The van der Waals surface area contributed by atoms with Crippen LogP contribution in [0.2, 0.25) is 0 Å². The second kappa shape index (κ2) is 8.03. The third-order valence-corrected chi connectivity index (χ3v) is 7.57. The van der Waals surface area contributed by atoms with E-state index in [1.54, 1.807) is 0 Å². The summed E-state index contributed by atoms with van der Waals surface area (Å²) in [5, 5.41) is 8.95. The molecular formula is C21H36O2. The van der Waals surface area contributed by atoms with Crippen LogP contribution in [0.5, 0.6) is 0 Å². The van der Waals surface area contributed by atoms with Crippen molar-refractivity contribution in [1.29, 1.82) is 0 Å². The van der Waals surface area contributed by atoms with Gasteiger partial charge in [0, 0.05) is 6.42 Å². The fraction of sp³-hybridized carbons (Fsp3) is 0.952. The Hall–Kier alpha value is -0.530. The van der Waals surface area contributed by atoms with Crippen molar-refractivity contribution in [2.24, 2.45) is 35.5 Å². The minimum atomic E-state index is -0.601. The maximum Gasteiger partial charge on any atom is 0.303 e. The van der Waals surface area contributed by atoms with Gasteiger partial charge >= 0.3 is 5.97 Å². The summed E-state index contributed by atoms with van der Waals surface area (Å²) in [5.74, 6) is 4.77. The summed E-state index contributed by atoms with van der Waals surface area (Å²) < 4.78 is 0. The number of hydrogen-bond acceptors (Lipinski definition) is 1. The first kappa shape index (κ1) is 17.3. The highest BCUT2D eigenvalue weighted by Gasteiger charge is 2.34. The van der Waals surface area contributed by atoms with E-state index in [0.717, 1.165) is 42.4 Å². The van der Waals surface area contributed by atoms with Crippen LogP contribution in [-0.4, -0.2) is 11.1 Å². The van der Waals surface area contributed by atoms with Crippen LogP contribution in [0.3, 0.4) is 0 Å². The first-order valence-corrected chi connectivity index (χ1v) is 10.3. The minimum Gasteiger partial charge on any atom is -0.481 e. The Labute approximate surface area is 142 Å². The Balaban J connectivity index is 1.39. The second-order valence-electron chi connectivity index (χ2n) is 9.07. The van der Waals surface area contributed by atoms with Crippen molar-refractivity contribution in [3.8, 4) is 0 Å². The van der Waals surface area contributed by atoms with Gasteiger partial charge in [0.1, 0.15) is 0 Å². The molecule has 3 fully saturated rings. The number of carboxylic acid groups (broad SMARTS) is 1. The molecule has 0 aromatic heterocycles. The zero-order chi connectivity index (χ0) is 16.2. The van der Waals surface area contributed by atoms with Crippen molar-refractivity contribution in [3.63, 3.8) is 0 Å². The lowest BCUT2D eigenvalue weighted by molar-refractivity contribution is -0.138. The van der Waals surface area contributed by atoms with Crippen molar-refractivity contribution < 1.29 is 9.90 Å². The van der Waals surface area contributed by atoms with Crippen molar-refractivity contribution in [1.82, 2.24) is 0 Å². The summed E-state index contributed by atoms with van der Waals surface area (Å²) in [6.45, 7) is 2.42. The Kier molecular flexibility index (Phi) is 6.04. The van der Waals surface area contributed by atoms with Gasteiger partial charge in [0.05, 0.1) is 0 Å². The molecule has 3 aliphatic rings. The predicted molar refractivity (Wildman–Crippen MR) is 94.3 cm³/mol. The fourth-order valence-corrected chi connectivity index (χ4v) is 5.96. The Morgan fingerprint density at radius 3 is 1.43 bits per heavy atom. The number of aliphatic carboxylic acids is 1. The number of hydrogen-bond donors (Lipinski definition) is 1. The van der Waals surface area contributed by atoms with Crippen LogP contribution in [0, 0.1) is 35.5 Å². The van der Waals surface area contributed by atoms with Gasteiger partial charge < -0.3 is 5.11 Å². The molecule has 0 spiro atoms. The molecule has 23 heavy (non-hydrogen) atoms. The molecular weight excluding hydrogens is 284 g/mol. The molecule has 0 bridgehead atoms. The Bertz CT molecular complexity index is 367. The largest absolute Gasteiger partial charge is 0.481 e. The zero-order valence-electron chi connectivity index (χ0n) is 15.0. The topological polar surface area (TPSA) is 37.3 Å². The normalized spacial score (nSPS) is 42.3. The highest BCUT2D eigenvalue weighted by molar-refractivity contribution is 5.67. The summed E-state index contributed by atoms with van der Waals surface area (Å²) in [5.41, 5.74) is 0. The van der Waals surface area contributed by atoms with Gasteiger partial charge in [-0.2, -0.15) is 0 Å². The molecule has 2 nitrogen and oxygen atoms in total. The molecule has 2 heteroatoms. The third-order valence-electron chi connectivity index (χ3n) is 7.57. The highest BCUT2D eigenvalue weighted by Crippen LogP contribution is 2.46. The molecule has 0 radical (unpaired) electrons. The van der Waals surface area contributed by atoms with E-state index in [1.165, 1.54) is 64.2 Å². The van der Waals surface area contributed by atoms with Crippen LogP contribution in [0.15, 0.2) is 0 Å². The quantitative estimate of drug-likeness (QED) is 0.700. The molecule has 132 valence electrons. The highest BCUT2D eigenvalue weighted by atomic mass is 16.4. The lowest BCUT2D eigenvalue weighted by atomic mass is 9.65. The van der Waals surface area contributed by atoms with Crippen LogP contribution < -0.4 is 0 Å². The van der Waals surface area contributed by atoms with E-state index in [4.69, 9.17) is 5.11 Å². The van der Waals surface area contributed by atoms with Crippen molar-refractivity contribution >= 4 is 5.97 Å². The summed E-state index contributed by atoms with van der Waals surface area (Å²) in [7, 11) is 0.